The minimum Gasteiger partial charge on any atom is -0.545 e. The zero-order valence-corrected chi connectivity index (χ0v) is 12.7. The highest BCUT2D eigenvalue weighted by atomic mass is 16.5. The Balaban J connectivity index is 2.05. The van der Waals surface area contributed by atoms with Crippen LogP contribution in [-0.4, -0.2) is 25.1 Å². The molecule has 0 aromatic heterocycles. The number of anilines is 1. The van der Waals surface area contributed by atoms with Crippen LogP contribution >= 0.6 is 0 Å². The lowest BCUT2D eigenvalue weighted by Gasteiger charge is -2.17. The van der Waals surface area contributed by atoms with Gasteiger partial charge in [0.05, 0.1) is 13.1 Å². The first-order chi connectivity index (χ1) is 11.0. The van der Waals surface area contributed by atoms with E-state index < -0.39 is 18.0 Å². The number of hydrogen-bond donors (Lipinski definition) is 1. The fourth-order valence-corrected chi connectivity index (χ4v) is 1.93. The number of hydrogen-bond acceptors (Lipinski definition) is 5. The molecule has 2 aromatic carbocycles. The quantitative estimate of drug-likeness (QED) is 0.872. The predicted molar refractivity (Wildman–Crippen MR) is 82.5 cm³/mol. The molecular weight excluding hydrogens is 298 g/mol. The van der Waals surface area contributed by atoms with Crippen molar-refractivity contribution < 1.29 is 24.2 Å². The van der Waals surface area contributed by atoms with Crippen LogP contribution in [0.25, 0.3) is 0 Å². The largest absolute Gasteiger partial charge is 0.545 e. The Bertz CT molecular complexity index is 714. The van der Waals surface area contributed by atoms with Gasteiger partial charge in [-0.15, -0.1) is 0 Å². The summed E-state index contributed by atoms with van der Waals surface area (Å²) in [7, 11) is 1.51. The third-order valence-corrected chi connectivity index (χ3v) is 3.11. The standard InChI is InChI=1S/C17H17NO5/c1-11(23-15-9-4-3-8-14(15)22-2)16(19)18-13-7-5-6-12(10-13)17(20)21/h3-11H,1-2H3,(H,18,19)(H,20,21)/p-1/t11-/m0/s1. The Morgan fingerprint density at radius 3 is 2.43 bits per heavy atom. The zero-order valence-electron chi connectivity index (χ0n) is 12.7. The second-order valence-electron chi connectivity index (χ2n) is 4.77. The van der Waals surface area contributed by atoms with E-state index in [4.69, 9.17) is 9.47 Å². The molecule has 120 valence electrons. The first-order valence-corrected chi connectivity index (χ1v) is 6.93. The molecule has 1 N–H and O–H groups in total. The second-order valence-corrected chi connectivity index (χ2v) is 4.77. The van der Waals surface area contributed by atoms with Crippen LogP contribution < -0.4 is 19.9 Å². The Kier molecular flexibility index (Phi) is 5.19. The average Bonchev–Trinajstić information content (AvgIpc) is 2.55. The van der Waals surface area contributed by atoms with Crippen molar-refractivity contribution in [2.45, 2.75) is 13.0 Å². The van der Waals surface area contributed by atoms with Crippen LogP contribution in [0.2, 0.25) is 0 Å². The minimum atomic E-state index is -1.31. The van der Waals surface area contributed by atoms with Gasteiger partial charge in [0.25, 0.3) is 5.91 Å². The summed E-state index contributed by atoms with van der Waals surface area (Å²) < 4.78 is 10.7. The van der Waals surface area contributed by atoms with E-state index in [0.29, 0.717) is 17.2 Å². The molecule has 0 spiro atoms. The second kappa shape index (κ2) is 7.31. The molecule has 0 fully saturated rings. The molecule has 0 radical (unpaired) electrons. The minimum absolute atomic E-state index is 0.0129. The summed E-state index contributed by atoms with van der Waals surface area (Å²) in [5.41, 5.74) is 0.341. The Morgan fingerprint density at radius 2 is 1.78 bits per heavy atom. The molecule has 2 aromatic rings. The molecule has 1 amide bonds. The molecule has 6 nitrogen and oxygen atoms in total. The molecule has 0 aliphatic heterocycles. The van der Waals surface area contributed by atoms with Crippen LogP contribution in [0, 0.1) is 0 Å². The van der Waals surface area contributed by atoms with E-state index in [1.165, 1.54) is 25.3 Å². The van der Waals surface area contributed by atoms with Gasteiger partial charge in [-0.05, 0) is 36.8 Å². The van der Waals surface area contributed by atoms with E-state index in [1.54, 1.807) is 37.3 Å². The van der Waals surface area contributed by atoms with Gasteiger partial charge in [0.15, 0.2) is 17.6 Å². The number of carbonyl (C=O) groups is 2. The topological polar surface area (TPSA) is 87.7 Å². The normalized spacial score (nSPS) is 11.4. The van der Waals surface area contributed by atoms with Gasteiger partial charge in [0.1, 0.15) is 0 Å². The van der Waals surface area contributed by atoms with Crippen LogP contribution in [0.3, 0.4) is 0 Å². The van der Waals surface area contributed by atoms with Crippen molar-refractivity contribution in [2.24, 2.45) is 0 Å². The van der Waals surface area contributed by atoms with Crippen molar-refractivity contribution in [2.75, 3.05) is 12.4 Å². The van der Waals surface area contributed by atoms with Gasteiger partial charge in [-0.25, -0.2) is 0 Å². The maximum Gasteiger partial charge on any atom is 0.265 e. The number of ether oxygens (including phenoxy) is 2. The van der Waals surface area contributed by atoms with Gasteiger partial charge in [-0.1, -0.05) is 24.3 Å². The summed E-state index contributed by atoms with van der Waals surface area (Å²) in [4.78, 5) is 23.0. The van der Waals surface area contributed by atoms with E-state index in [0.717, 1.165) is 0 Å². The van der Waals surface area contributed by atoms with Crippen molar-refractivity contribution in [3.05, 3.63) is 54.1 Å². The van der Waals surface area contributed by atoms with Gasteiger partial charge in [0.2, 0.25) is 0 Å². The van der Waals surface area contributed by atoms with Crippen molar-refractivity contribution in [3.8, 4) is 11.5 Å². The molecule has 0 bridgehead atoms. The number of rotatable bonds is 6. The third-order valence-electron chi connectivity index (χ3n) is 3.11. The summed E-state index contributed by atoms with van der Waals surface area (Å²) in [6.07, 6.45) is -0.794. The highest BCUT2D eigenvalue weighted by Gasteiger charge is 2.17. The number of aromatic carboxylic acids is 1. The molecule has 0 unspecified atom stereocenters. The first kappa shape index (κ1) is 16.4. The lowest BCUT2D eigenvalue weighted by molar-refractivity contribution is -0.255. The van der Waals surface area contributed by atoms with Crippen molar-refractivity contribution in [1.82, 2.24) is 0 Å². The van der Waals surface area contributed by atoms with Gasteiger partial charge < -0.3 is 24.7 Å². The van der Waals surface area contributed by atoms with Gasteiger partial charge >= 0.3 is 0 Å². The van der Waals surface area contributed by atoms with Gasteiger partial charge in [-0.3, -0.25) is 4.79 Å². The number of methoxy groups -OCH3 is 1. The maximum atomic E-state index is 12.2. The molecule has 6 heteroatoms. The van der Waals surface area contributed by atoms with Crippen molar-refractivity contribution in [1.29, 1.82) is 0 Å². The number of benzene rings is 2. The van der Waals surface area contributed by atoms with E-state index in [1.807, 2.05) is 0 Å². The predicted octanol–water partition coefficient (Wildman–Crippen LogP) is 1.46. The first-order valence-electron chi connectivity index (χ1n) is 6.93. The summed E-state index contributed by atoms with van der Waals surface area (Å²) >= 11 is 0. The molecule has 0 saturated heterocycles. The van der Waals surface area contributed by atoms with Crippen LogP contribution in [-0.2, 0) is 4.79 Å². The number of amides is 1. The van der Waals surface area contributed by atoms with E-state index in [9.17, 15) is 14.7 Å². The molecule has 0 aliphatic rings. The Labute approximate surface area is 133 Å². The molecular formula is C17H16NO5-. The summed E-state index contributed by atoms with van der Waals surface area (Å²) in [5, 5.41) is 13.4. The van der Waals surface area contributed by atoms with Crippen LogP contribution in [0.1, 0.15) is 17.3 Å². The lowest BCUT2D eigenvalue weighted by atomic mass is 10.2. The van der Waals surface area contributed by atoms with E-state index in [2.05, 4.69) is 5.32 Å². The lowest BCUT2D eigenvalue weighted by Crippen LogP contribution is -2.30. The average molecular weight is 314 g/mol. The van der Waals surface area contributed by atoms with Crippen molar-refractivity contribution >= 4 is 17.6 Å². The molecule has 0 heterocycles. The SMILES string of the molecule is COc1ccccc1O[C@@H](C)C(=O)Nc1cccc(C(=O)[O-])c1. The number of carboxylic acids is 1. The van der Waals surface area contributed by atoms with E-state index in [-0.39, 0.29) is 5.56 Å². The summed E-state index contributed by atoms with van der Waals surface area (Å²) in [6.45, 7) is 1.59. The monoisotopic (exact) mass is 314 g/mol. The molecule has 1 atom stereocenters. The fourth-order valence-electron chi connectivity index (χ4n) is 1.93. The number of nitrogens with one attached hydrogen (secondary N) is 1. The molecule has 0 saturated carbocycles. The van der Waals surface area contributed by atoms with E-state index >= 15 is 0 Å². The summed E-state index contributed by atoms with van der Waals surface area (Å²) in [6, 6.07) is 12.8. The summed E-state index contributed by atoms with van der Waals surface area (Å²) in [5.74, 6) is -0.752. The molecule has 2 rings (SSSR count). The van der Waals surface area contributed by atoms with Crippen LogP contribution in [0.4, 0.5) is 5.69 Å². The third kappa shape index (κ3) is 4.23. The Morgan fingerprint density at radius 1 is 1.09 bits per heavy atom. The highest BCUT2D eigenvalue weighted by molar-refractivity contribution is 5.95. The number of para-hydroxylation sites is 2. The molecule has 0 aliphatic carbocycles. The Hall–Kier alpha value is -3.02. The van der Waals surface area contributed by atoms with Crippen LogP contribution in [0.5, 0.6) is 11.5 Å². The zero-order chi connectivity index (χ0) is 16.8. The fraction of sp³-hybridized carbons (Fsp3) is 0.176. The van der Waals surface area contributed by atoms with Crippen LogP contribution in [0.15, 0.2) is 48.5 Å². The van der Waals surface area contributed by atoms with Gasteiger partial charge in [0, 0.05) is 5.69 Å². The number of carboxylic acid groups (broad SMARTS) is 1. The smallest absolute Gasteiger partial charge is 0.265 e. The molecule has 23 heavy (non-hydrogen) atoms. The van der Waals surface area contributed by atoms with Gasteiger partial charge in [-0.2, -0.15) is 0 Å². The number of carbonyl (C=O) groups excluding carboxylic acids is 2. The maximum absolute atomic E-state index is 12.2. The van der Waals surface area contributed by atoms with Crippen molar-refractivity contribution in [3.63, 3.8) is 0 Å². The highest BCUT2D eigenvalue weighted by Crippen LogP contribution is 2.27.